The highest BCUT2D eigenvalue weighted by molar-refractivity contribution is 6.01. The second kappa shape index (κ2) is 29.5. The number of unbranched alkanes of at least 4 members (excludes halogenated alkanes) is 2. The molecule has 0 saturated carbocycles. The molecule has 9 atom stereocenters. The number of carbonyl (C=O) groups excluding carboxylic acids is 8. The topological polar surface area (TPSA) is 229 Å². The molecule has 3 aromatic rings. The summed E-state index contributed by atoms with van der Waals surface area (Å²) >= 11 is 0. The van der Waals surface area contributed by atoms with E-state index in [9.17, 15) is 38.4 Å². The maximum atomic E-state index is 14.7. The lowest BCUT2D eigenvalue weighted by molar-refractivity contribution is -0.197. The van der Waals surface area contributed by atoms with Crippen LogP contribution >= 0.6 is 0 Å². The zero-order valence-electron chi connectivity index (χ0n) is 47.3. The van der Waals surface area contributed by atoms with Gasteiger partial charge in [0, 0.05) is 77.1 Å². The molecule has 2 aliphatic rings. The number of carbonyl (C=O) groups is 8. The van der Waals surface area contributed by atoms with Crippen molar-refractivity contribution in [3.05, 3.63) is 71.9 Å². The third kappa shape index (κ3) is 16.4. The van der Waals surface area contributed by atoms with Crippen molar-refractivity contribution in [1.82, 2.24) is 40.7 Å². The number of hydrogen-bond donors (Lipinski definition) is 4. The zero-order chi connectivity index (χ0) is 56.5. The molecule has 2 aliphatic heterocycles. The van der Waals surface area contributed by atoms with Gasteiger partial charge in [-0.3, -0.25) is 38.5 Å². The number of amides is 7. The molecule has 2 aromatic carbocycles. The largest absolute Gasteiger partial charge is 0.379 e. The molecule has 3 heterocycles. The number of aromatic nitrogens is 1. The smallest absolute Gasteiger partial charge is 0.333 e. The van der Waals surface area contributed by atoms with E-state index in [0.29, 0.717) is 56.7 Å². The highest BCUT2D eigenvalue weighted by atomic mass is 16.7. The lowest BCUT2D eigenvalue weighted by Gasteiger charge is -2.41. The van der Waals surface area contributed by atoms with Crippen LogP contribution in [0.5, 0.6) is 0 Å². The molecule has 7 amide bonds. The van der Waals surface area contributed by atoms with E-state index in [2.05, 4.69) is 20.9 Å². The minimum absolute atomic E-state index is 0.0290. The minimum atomic E-state index is -0.910. The number of hydroxylamine groups is 2. The standard InChI is InChI=1S/C58H86N8O11/c1-12-38(6)53(64(9)58(74)51(36(2)3)62-57(73)52(37(4)5)63(8)30-20-14-17-27-50(70)77-66-47(67)28-29-48(66)68)46(75-10)33-49(69)65-31-21-26-45(65)54(76-11)39(7)55(71)61-44(56(72)60-34-40-22-15-13-16-23-40)32-41-35-59-43-25-19-18-24-42(41)43/h13,15-16,18-19,22-25,35-39,44-46,51-54,59H,12,14,17,20-21,26-34H2,1-11H3,(H,60,72)(H,61,71)(H,62,73)/t38-,39+,44-,45-,46+,51-,52-,53-,54+/m0/s1. The van der Waals surface area contributed by atoms with Gasteiger partial charge in [0.2, 0.25) is 29.5 Å². The Morgan fingerprint density at radius 2 is 1.48 bits per heavy atom. The van der Waals surface area contributed by atoms with Gasteiger partial charge in [0.25, 0.3) is 11.8 Å². The first-order valence-electron chi connectivity index (χ1n) is 27.6. The Labute approximate surface area is 455 Å². The normalized spacial score (nSPS) is 18.0. The Bertz CT molecular complexity index is 2450. The Morgan fingerprint density at radius 3 is 2.12 bits per heavy atom. The predicted molar refractivity (Wildman–Crippen MR) is 292 cm³/mol. The van der Waals surface area contributed by atoms with Crippen LogP contribution in [-0.2, 0) is 65.6 Å². The number of methoxy groups -OCH3 is 2. The molecule has 19 heteroatoms. The summed E-state index contributed by atoms with van der Waals surface area (Å²) in [6.45, 7) is 14.7. The lowest BCUT2D eigenvalue weighted by Crippen LogP contribution is -2.60. The van der Waals surface area contributed by atoms with Crippen molar-refractivity contribution >= 4 is 58.2 Å². The van der Waals surface area contributed by atoms with Gasteiger partial charge >= 0.3 is 5.97 Å². The molecule has 1 aromatic heterocycles. The summed E-state index contributed by atoms with van der Waals surface area (Å²) < 4.78 is 12.2. The van der Waals surface area contributed by atoms with Crippen molar-refractivity contribution in [2.75, 3.05) is 41.4 Å². The third-order valence-corrected chi connectivity index (χ3v) is 15.5. The van der Waals surface area contributed by atoms with Gasteiger partial charge in [0.15, 0.2) is 0 Å². The van der Waals surface area contributed by atoms with Crippen molar-refractivity contribution in [2.24, 2.45) is 23.7 Å². The number of likely N-dealkylation sites (tertiary alicyclic amines) is 1. The van der Waals surface area contributed by atoms with Crippen LogP contribution in [0, 0.1) is 23.7 Å². The number of rotatable bonds is 30. The maximum absolute atomic E-state index is 14.7. The maximum Gasteiger partial charge on any atom is 0.333 e. The Balaban J connectivity index is 1.22. The first-order valence-corrected chi connectivity index (χ1v) is 27.6. The molecule has 0 bridgehead atoms. The third-order valence-electron chi connectivity index (χ3n) is 15.5. The fraction of sp³-hybridized carbons (Fsp3) is 0.621. The van der Waals surface area contributed by atoms with Gasteiger partial charge in [-0.1, -0.05) is 110 Å². The number of benzene rings is 2. The van der Waals surface area contributed by atoms with Crippen LogP contribution in [-0.4, -0.2) is 156 Å². The van der Waals surface area contributed by atoms with Crippen LogP contribution < -0.4 is 16.0 Å². The van der Waals surface area contributed by atoms with E-state index < -0.39 is 66.1 Å². The number of fused-ring (bicyclic) bond motifs is 1. The van der Waals surface area contributed by atoms with E-state index in [1.165, 1.54) is 14.2 Å². The van der Waals surface area contributed by atoms with Gasteiger partial charge < -0.3 is 45.0 Å². The van der Waals surface area contributed by atoms with Crippen molar-refractivity contribution < 1.29 is 52.7 Å². The van der Waals surface area contributed by atoms with Crippen LogP contribution in [0.3, 0.4) is 0 Å². The van der Waals surface area contributed by atoms with Crippen LogP contribution in [0.1, 0.15) is 124 Å². The van der Waals surface area contributed by atoms with E-state index in [-0.39, 0.29) is 85.9 Å². The van der Waals surface area contributed by atoms with Crippen LogP contribution in [0.4, 0.5) is 0 Å². The van der Waals surface area contributed by atoms with Gasteiger partial charge in [0.05, 0.1) is 42.7 Å². The summed E-state index contributed by atoms with van der Waals surface area (Å²) in [7, 11) is 6.63. The van der Waals surface area contributed by atoms with E-state index in [4.69, 9.17) is 14.3 Å². The highest BCUT2D eigenvalue weighted by Gasteiger charge is 2.44. The Kier molecular flexibility index (Phi) is 23.7. The minimum Gasteiger partial charge on any atom is -0.379 e. The van der Waals surface area contributed by atoms with E-state index >= 15 is 0 Å². The molecule has 5 rings (SSSR count). The lowest BCUT2D eigenvalue weighted by atomic mass is 9.89. The molecule has 0 aliphatic carbocycles. The van der Waals surface area contributed by atoms with Crippen molar-refractivity contribution in [2.45, 2.75) is 168 Å². The quantitative estimate of drug-likeness (QED) is 0.0466. The fourth-order valence-corrected chi connectivity index (χ4v) is 11.0. The Morgan fingerprint density at radius 1 is 0.805 bits per heavy atom. The molecule has 2 saturated heterocycles. The summed E-state index contributed by atoms with van der Waals surface area (Å²) in [6.07, 6.45) is 4.44. The first-order chi connectivity index (χ1) is 36.7. The second-order valence-electron chi connectivity index (χ2n) is 21.7. The van der Waals surface area contributed by atoms with Gasteiger partial charge in [-0.25, -0.2) is 4.79 Å². The molecular formula is C58H86N8O11. The van der Waals surface area contributed by atoms with Gasteiger partial charge in [-0.2, -0.15) is 0 Å². The predicted octanol–water partition coefficient (Wildman–Crippen LogP) is 5.70. The summed E-state index contributed by atoms with van der Waals surface area (Å²) in [6, 6.07) is 14.0. The van der Waals surface area contributed by atoms with Gasteiger partial charge in [0.1, 0.15) is 12.1 Å². The van der Waals surface area contributed by atoms with Crippen molar-refractivity contribution in [3.8, 4) is 0 Å². The number of nitrogens with zero attached hydrogens (tertiary/aromatic N) is 4. The number of nitrogens with one attached hydrogen (secondary N) is 4. The molecular weight excluding hydrogens is 985 g/mol. The highest BCUT2D eigenvalue weighted by Crippen LogP contribution is 2.30. The monoisotopic (exact) mass is 1070 g/mol. The molecule has 4 N–H and O–H groups in total. The average molecular weight is 1070 g/mol. The molecule has 77 heavy (non-hydrogen) atoms. The summed E-state index contributed by atoms with van der Waals surface area (Å²) in [5, 5.41) is 10.6. The molecule has 19 nitrogen and oxygen atoms in total. The van der Waals surface area contributed by atoms with E-state index in [1.807, 2.05) is 114 Å². The number of aromatic amines is 1. The van der Waals surface area contributed by atoms with E-state index in [0.717, 1.165) is 22.0 Å². The summed E-state index contributed by atoms with van der Waals surface area (Å²) in [5.74, 6) is -4.48. The fourth-order valence-electron chi connectivity index (χ4n) is 11.0. The zero-order valence-corrected chi connectivity index (χ0v) is 47.3. The van der Waals surface area contributed by atoms with Crippen LogP contribution in [0.2, 0.25) is 0 Å². The van der Waals surface area contributed by atoms with E-state index in [1.54, 1.807) is 23.8 Å². The van der Waals surface area contributed by atoms with Crippen LogP contribution in [0.15, 0.2) is 60.8 Å². The number of H-pyrrole nitrogens is 1. The Hall–Kier alpha value is -6.18. The summed E-state index contributed by atoms with van der Waals surface area (Å²) in [5.41, 5.74) is 2.73. The molecule has 0 spiro atoms. The molecule has 424 valence electrons. The number of ether oxygens (including phenoxy) is 2. The molecule has 2 fully saturated rings. The SMILES string of the molecule is CC[C@H](C)[C@@H]([C@@H](CC(=O)N1CCC[C@H]1[C@H](OC)[C@@H](C)C(=O)N[C@@H](Cc1c[nH]c2ccccc12)C(=O)NCc1ccccc1)OC)N(C)C(=O)[C@@H](NC(=O)[C@H](C(C)C)N(C)CCCCCC(=O)ON1C(=O)CCC1=O)C(C)C. The number of imide groups is 1. The number of hydrogen-bond acceptors (Lipinski definition) is 12. The first kappa shape index (κ1) is 61.7. The van der Waals surface area contributed by atoms with Crippen molar-refractivity contribution in [1.29, 1.82) is 0 Å². The van der Waals surface area contributed by atoms with Gasteiger partial charge in [-0.05, 0) is 74.2 Å². The van der Waals surface area contributed by atoms with Gasteiger partial charge in [-0.15, -0.1) is 5.06 Å². The second-order valence-corrected chi connectivity index (χ2v) is 21.7. The molecule has 0 unspecified atom stereocenters. The summed E-state index contributed by atoms with van der Waals surface area (Å²) in [4.78, 5) is 121. The molecule has 0 radical (unpaired) electrons. The average Bonchev–Trinajstić information content (AvgIpc) is 4.15. The number of likely N-dealkylation sites (N-methyl/N-ethyl adjacent to an activating group) is 2. The van der Waals surface area contributed by atoms with Crippen molar-refractivity contribution in [3.63, 3.8) is 0 Å². The van der Waals surface area contributed by atoms with Crippen LogP contribution in [0.25, 0.3) is 10.9 Å². The number of para-hydroxylation sites is 1.